The molecule has 0 aliphatic carbocycles. The number of hydrogen-bond acceptors (Lipinski definition) is 4. The summed E-state index contributed by atoms with van der Waals surface area (Å²) in [5.41, 5.74) is 1.04. The summed E-state index contributed by atoms with van der Waals surface area (Å²) in [6.45, 7) is 1.76. The summed E-state index contributed by atoms with van der Waals surface area (Å²) < 4.78 is 26.6. The number of carbonyl (C=O) groups is 1. The van der Waals surface area contributed by atoms with Gasteiger partial charge in [0.05, 0.1) is 0 Å². The van der Waals surface area contributed by atoms with Gasteiger partial charge < -0.3 is 9.88 Å². The van der Waals surface area contributed by atoms with Crippen LogP contribution < -0.4 is 5.56 Å². The van der Waals surface area contributed by atoms with E-state index < -0.39 is 11.6 Å². The monoisotopic (exact) mass is 367 g/mol. The number of halogens is 2. The minimum atomic E-state index is -0.691. The molecular formula is C17H19F2N3O2S. The average Bonchev–Trinajstić information content (AvgIpc) is 2.56. The van der Waals surface area contributed by atoms with Gasteiger partial charge in [0.15, 0.2) is 5.16 Å². The van der Waals surface area contributed by atoms with E-state index in [0.29, 0.717) is 16.4 Å². The summed E-state index contributed by atoms with van der Waals surface area (Å²) in [7, 11) is 1.54. The second kappa shape index (κ2) is 8.24. The van der Waals surface area contributed by atoms with Crippen LogP contribution in [0.2, 0.25) is 0 Å². The second-order valence-corrected chi connectivity index (χ2v) is 6.42. The summed E-state index contributed by atoms with van der Waals surface area (Å²) in [4.78, 5) is 32.6. The molecule has 1 heterocycles. The highest BCUT2D eigenvalue weighted by Gasteiger charge is 2.15. The van der Waals surface area contributed by atoms with Crippen LogP contribution in [-0.4, -0.2) is 34.1 Å². The van der Waals surface area contributed by atoms with Crippen molar-refractivity contribution < 1.29 is 13.6 Å². The molecule has 8 heteroatoms. The first-order valence-electron chi connectivity index (χ1n) is 7.63. The lowest BCUT2D eigenvalue weighted by Crippen LogP contribution is -2.28. The highest BCUT2D eigenvalue weighted by Crippen LogP contribution is 2.13. The van der Waals surface area contributed by atoms with E-state index in [9.17, 15) is 18.4 Å². The van der Waals surface area contributed by atoms with E-state index in [1.807, 2.05) is 6.26 Å². The van der Waals surface area contributed by atoms with Gasteiger partial charge in [-0.2, -0.15) is 0 Å². The number of rotatable bonds is 6. The van der Waals surface area contributed by atoms with Crippen molar-refractivity contribution >= 4 is 17.7 Å². The molecule has 0 fully saturated rings. The number of nitrogens with one attached hydrogen (secondary N) is 1. The van der Waals surface area contributed by atoms with Gasteiger partial charge in [0.25, 0.3) is 5.56 Å². The predicted molar refractivity (Wildman–Crippen MR) is 92.5 cm³/mol. The van der Waals surface area contributed by atoms with Gasteiger partial charge in [0.2, 0.25) is 5.91 Å². The van der Waals surface area contributed by atoms with Gasteiger partial charge in [-0.05, 0) is 25.7 Å². The lowest BCUT2D eigenvalue weighted by molar-refractivity contribution is -0.130. The van der Waals surface area contributed by atoms with E-state index >= 15 is 0 Å². The fourth-order valence-electron chi connectivity index (χ4n) is 2.39. The zero-order valence-corrected chi connectivity index (χ0v) is 15.0. The number of H-pyrrole nitrogens is 1. The molecule has 0 aliphatic rings. The van der Waals surface area contributed by atoms with Gasteiger partial charge in [0.1, 0.15) is 11.6 Å². The van der Waals surface area contributed by atoms with Crippen LogP contribution >= 0.6 is 11.8 Å². The summed E-state index contributed by atoms with van der Waals surface area (Å²) >= 11 is 1.33. The van der Waals surface area contributed by atoms with Crippen LogP contribution in [0, 0.1) is 18.6 Å². The molecule has 134 valence electrons. The Bertz CT molecular complexity index is 839. The highest BCUT2D eigenvalue weighted by molar-refractivity contribution is 7.98. The molecule has 0 unspecified atom stereocenters. The SMILES string of the molecule is CSc1nc(C)c(CCC(=O)N(C)Cc2ccc(F)cc2F)c(=O)[nH]1. The number of amides is 1. The normalized spacial score (nSPS) is 10.8. The van der Waals surface area contributed by atoms with Crippen molar-refractivity contribution in [3.05, 3.63) is 57.0 Å². The minimum Gasteiger partial charge on any atom is -0.341 e. The highest BCUT2D eigenvalue weighted by atomic mass is 32.2. The predicted octanol–water partition coefficient (Wildman–Crippen LogP) is 2.67. The summed E-state index contributed by atoms with van der Waals surface area (Å²) in [5.74, 6) is -1.59. The van der Waals surface area contributed by atoms with Crippen LogP contribution in [0.3, 0.4) is 0 Å². The van der Waals surface area contributed by atoms with Crippen LogP contribution in [0.15, 0.2) is 28.2 Å². The lowest BCUT2D eigenvalue weighted by Gasteiger charge is -2.18. The summed E-state index contributed by atoms with van der Waals surface area (Å²) in [6, 6.07) is 3.25. The number of aromatic amines is 1. The quantitative estimate of drug-likeness (QED) is 0.630. The number of nitrogens with zero attached hydrogens (tertiary/aromatic N) is 2. The molecule has 25 heavy (non-hydrogen) atoms. The molecule has 1 aromatic heterocycles. The number of thioether (sulfide) groups is 1. The van der Waals surface area contributed by atoms with E-state index in [4.69, 9.17) is 0 Å². The maximum absolute atomic E-state index is 13.7. The Balaban J connectivity index is 2.01. The van der Waals surface area contributed by atoms with Gasteiger partial charge in [-0.15, -0.1) is 0 Å². The minimum absolute atomic E-state index is 0.0317. The largest absolute Gasteiger partial charge is 0.341 e. The zero-order valence-electron chi connectivity index (χ0n) is 14.2. The molecule has 0 atom stereocenters. The van der Waals surface area contributed by atoms with Crippen LogP contribution in [0.1, 0.15) is 23.2 Å². The molecule has 0 saturated carbocycles. The van der Waals surface area contributed by atoms with Crippen LogP contribution in [0.5, 0.6) is 0 Å². The number of benzene rings is 1. The maximum Gasteiger partial charge on any atom is 0.254 e. The van der Waals surface area contributed by atoms with Crippen LogP contribution in [0.25, 0.3) is 0 Å². The Morgan fingerprint density at radius 2 is 2.08 bits per heavy atom. The Hall–Kier alpha value is -2.22. The average molecular weight is 367 g/mol. The fraction of sp³-hybridized carbons (Fsp3) is 0.353. The van der Waals surface area contributed by atoms with Gasteiger partial charge in [0, 0.05) is 42.9 Å². The van der Waals surface area contributed by atoms with Crippen molar-refractivity contribution in [2.24, 2.45) is 0 Å². The molecule has 0 bridgehead atoms. The number of aromatic nitrogens is 2. The van der Waals surface area contributed by atoms with E-state index in [1.165, 1.54) is 29.8 Å². The van der Waals surface area contributed by atoms with Crippen molar-refractivity contribution in [1.29, 1.82) is 0 Å². The van der Waals surface area contributed by atoms with Crippen molar-refractivity contribution in [3.8, 4) is 0 Å². The standard InChI is InChI=1S/C17H19F2N3O2S/c1-10-13(16(24)21-17(20-10)25-3)6-7-15(23)22(2)9-11-4-5-12(18)8-14(11)19/h4-5,8H,6-7,9H2,1-3H3,(H,20,21,24). The number of hydrogen-bond donors (Lipinski definition) is 1. The molecule has 0 saturated heterocycles. The van der Waals surface area contributed by atoms with Crippen LogP contribution in [0.4, 0.5) is 8.78 Å². The second-order valence-electron chi connectivity index (χ2n) is 5.62. The van der Waals surface area contributed by atoms with E-state index in [1.54, 1.807) is 6.92 Å². The molecule has 1 amide bonds. The van der Waals surface area contributed by atoms with E-state index in [2.05, 4.69) is 9.97 Å². The molecule has 1 N–H and O–H groups in total. The molecule has 0 spiro atoms. The third-order valence-corrected chi connectivity index (χ3v) is 4.41. The molecule has 2 aromatic rings. The van der Waals surface area contributed by atoms with Gasteiger partial charge in [-0.1, -0.05) is 17.8 Å². The molecule has 2 rings (SSSR count). The third kappa shape index (κ3) is 4.88. The van der Waals surface area contributed by atoms with E-state index in [0.717, 1.165) is 12.1 Å². The Morgan fingerprint density at radius 3 is 2.68 bits per heavy atom. The first-order valence-corrected chi connectivity index (χ1v) is 8.86. The summed E-state index contributed by atoms with van der Waals surface area (Å²) in [5, 5.41) is 0.529. The summed E-state index contributed by atoms with van der Waals surface area (Å²) in [6.07, 6.45) is 2.16. The molecule has 0 aliphatic heterocycles. The van der Waals surface area contributed by atoms with Gasteiger partial charge in [-0.3, -0.25) is 9.59 Å². The first-order chi connectivity index (χ1) is 11.8. The topological polar surface area (TPSA) is 66.1 Å². The van der Waals surface area contributed by atoms with Crippen molar-refractivity contribution in [1.82, 2.24) is 14.9 Å². The Morgan fingerprint density at radius 1 is 1.36 bits per heavy atom. The maximum atomic E-state index is 13.7. The van der Waals surface area contributed by atoms with Gasteiger partial charge >= 0.3 is 0 Å². The fourth-order valence-corrected chi connectivity index (χ4v) is 2.82. The van der Waals surface area contributed by atoms with Crippen LogP contribution in [-0.2, 0) is 17.8 Å². The van der Waals surface area contributed by atoms with Crippen molar-refractivity contribution in [2.75, 3.05) is 13.3 Å². The number of carbonyl (C=O) groups excluding carboxylic acids is 1. The Kier molecular flexibility index (Phi) is 6.30. The lowest BCUT2D eigenvalue weighted by atomic mass is 10.1. The molecule has 0 radical (unpaired) electrons. The molecule has 5 nitrogen and oxygen atoms in total. The molecule has 1 aromatic carbocycles. The first kappa shape index (κ1) is 19.1. The van der Waals surface area contributed by atoms with Crippen molar-refractivity contribution in [2.45, 2.75) is 31.5 Å². The smallest absolute Gasteiger partial charge is 0.254 e. The van der Waals surface area contributed by atoms with Gasteiger partial charge in [-0.25, -0.2) is 13.8 Å². The van der Waals surface area contributed by atoms with Crippen molar-refractivity contribution in [3.63, 3.8) is 0 Å². The Labute approximate surface area is 148 Å². The van der Waals surface area contributed by atoms with E-state index in [-0.39, 0.29) is 36.4 Å². The zero-order chi connectivity index (χ0) is 18.6. The third-order valence-electron chi connectivity index (χ3n) is 3.83. The number of aryl methyl sites for hydroxylation is 1. The molecular weight excluding hydrogens is 348 g/mol.